The molecule has 0 fully saturated rings. The number of hydrogen-bond donors (Lipinski definition) is 3. The Hall–Kier alpha value is -3.89. The number of nitrogens with two attached hydrogens (primary N) is 1. The summed E-state index contributed by atoms with van der Waals surface area (Å²) in [5.41, 5.74) is 8.89. The molecule has 0 bridgehead atoms. The zero-order valence-corrected chi connectivity index (χ0v) is 20.7. The van der Waals surface area contributed by atoms with E-state index in [-0.39, 0.29) is 12.3 Å². The minimum Gasteiger partial charge on any atom is -0.394 e. The zero-order chi connectivity index (χ0) is 25.9. The molecule has 1 amide bonds. The molecule has 0 saturated carbocycles. The molecule has 4 N–H and O–H groups in total. The van der Waals surface area contributed by atoms with E-state index < -0.39 is 11.5 Å². The van der Waals surface area contributed by atoms with Gasteiger partial charge in [0.05, 0.1) is 13.2 Å². The molecule has 4 rings (SSSR count). The van der Waals surface area contributed by atoms with Crippen molar-refractivity contribution < 1.29 is 15.0 Å². The van der Waals surface area contributed by atoms with Crippen LogP contribution in [-0.4, -0.2) is 52.5 Å². The Morgan fingerprint density at radius 1 is 1.03 bits per heavy atom. The van der Waals surface area contributed by atoms with Crippen molar-refractivity contribution in [1.29, 1.82) is 0 Å². The van der Waals surface area contributed by atoms with Gasteiger partial charge in [-0.25, -0.2) is 9.67 Å². The number of hydrogen-bond acceptors (Lipinski definition) is 7. The second-order valence-electron chi connectivity index (χ2n) is 9.21. The number of rotatable bonds is 10. The van der Waals surface area contributed by atoms with Crippen LogP contribution < -0.4 is 5.73 Å². The summed E-state index contributed by atoms with van der Waals surface area (Å²) in [5.74, 6) is 0.722. The molecule has 0 radical (unpaired) electrons. The molecule has 0 saturated heterocycles. The number of aryl methyl sites for hydroxylation is 1. The van der Waals surface area contributed by atoms with Gasteiger partial charge >= 0.3 is 0 Å². The van der Waals surface area contributed by atoms with E-state index in [1.807, 2.05) is 60.0 Å². The van der Waals surface area contributed by atoms with E-state index in [0.717, 1.165) is 34.5 Å². The van der Waals surface area contributed by atoms with Crippen molar-refractivity contribution in [3.63, 3.8) is 0 Å². The van der Waals surface area contributed by atoms with E-state index in [1.165, 1.54) is 0 Å². The van der Waals surface area contributed by atoms with Crippen LogP contribution in [0.25, 0.3) is 22.5 Å². The van der Waals surface area contributed by atoms with Crippen LogP contribution in [0, 0.1) is 0 Å². The Bertz CT molecular complexity index is 1330. The first-order chi connectivity index (χ1) is 17.2. The van der Waals surface area contributed by atoms with Gasteiger partial charge in [0, 0.05) is 18.5 Å². The molecule has 36 heavy (non-hydrogen) atoms. The van der Waals surface area contributed by atoms with Gasteiger partial charge in [-0.2, -0.15) is 0 Å². The van der Waals surface area contributed by atoms with Crippen molar-refractivity contribution in [2.45, 2.75) is 52.3 Å². The number of tetrazole rings is 1. The zero-order valence-electron chi connectivity index (χ0n) is 20.7. The van der Waals surface area contributed by atoms with Crippen molar-refractivity contribution in [2.75, 3.05) is 6.61 Å². The Kier molecular flexibility index (Phi) is 7.27. The van der Waals surface area contributed by atoms with E-state index in [4.69, 9.17) is 5.73 Å². The number of imidazole rings is 1. The molecule has 0 aliphatic rings. The number of carbonyl (C=O) groups is 1. The van der Waals surface area contributed by atoms with Crippen LogP contribution in [0.4, 0.5) is 0 Å². The minimum absolute atomic E-state index is 0.0402. The molecule has 4 aromatic rings. The lowest BCUT2D eigenvalue weighted by molar-refractivity contribution is 0.0711. The molecule has 0 aliphatic carbocycles. The first-order valence-electron chi connectivity index (χ1n) is 11.9. The molecule has 188 valence electrons. The van der Waals surface area contributed by atoms with Crippen LogP contribution in [-0.2, 0) is 25.1 Å². The number of aliphatic hydroxyl groups is 2. The monoisotopic (exact) mass is 489 g/mol. The van der Waals surface area contributed by atoms with Crippen molar-refractivity contribution in [3.8, 4) is 22.5 Å². The summed E-state index contributed by atoms with van der Waals surface area (Å²) in [6.45, 7) is 5.96. The molecule has 10 heteroatoms. The smallest absolute Gasteiger partial charge is 0.267 e. The van der Waals surface area contributed by atoms with E-state index in [0.29, 0.717) is 31.0 Å². The molecule has 2 aromatic heterocycles. The molecular formula is C26H31N7O3. The lowest BCUT2D eigenvalue weighted by Gasteiger charge is -2.16. The predicted molar refractivity (Wildman–Crippen MR) is 135 cm³/mol. The normalized spacial score (nSPS) is 11.7. The number of aromatic nitrogens is 6. The SMILES string of the molecule is CCCc1nc(C(C)(C)O)c(C(N)=O)n1Cc1ccc(-c2ccc(-c3nnnn3CCO)cc2)cc1. The summed E-state index contributed by atoms with van der Waals surface area (Å²) >= 11 is 0. The van der Waals surface area contributed by atoms with Crippen LogP contribution in [0.3, 0.4) is 0 Å². The molecule has 2 heterocycles. The number of nitrogens with zero attached hydrogens (tertiary/aromatic N) is 6. The minimum atomic E-state index is -1.28. The second kappa shape index (κ2) is 10.4. The number of benzene rings is 2. The van der Waals surface area contributed by atoms with E-state index >= 15 is 0 Å². The van der Waals surface area contributed by atoms with Crippen molar-refractivity contribution in [2.24, 2.45) is 5.73 Å². The number of carbonyl (C=O) groups excluding carboxylic acids is 1. The largest absolute Gasteiger partial charge is 0.394 e. The Morgan fingerprint density at radius 2 is 1.64 bits per heavy atom. The average Bonchev–Trinajstić information content (AvgIpc) is 3.45. The lowest BCUT2D eigenvalue weighted by Crippen LogP contribution is -2.25. The standard InChI is InChI=1S/C26H31N7O3/c1-4-5-21-28-23(26(2,3)36)22(24(27)35)32(21)16-17-6-8-18(9-7-17)19-10-12-20(13-11-19)25-29-30-31-33(25)14-15-34/h6-13,34,36H,4-5,14-16H2,1-3H3,(H2,27,35). The maximum Gasteiger partial charge on any atom is 0.267 e. The number of primary amides is 1. The van der Waals surface area contributed by atoms with Gasteiger partial charge in [-0.3, -0.25) is 4.79 Å². The second-order valence-corrected chi connectivity index (χ2v) is 9.21. The first-order valence-corrected chi connectivity index (χ1v) is 11.9. The quantitative estimate of drug-likeness (QED) is 0.310. The van der Waals surface area contributed by atoms with Crippen LogP contribution in [0.1, 0.15) is 54.8 Å². The summed E-state index contributed by atoms with van der Waals surface area (Å²) in [4.78, 5) is 16.9. The third kappa shape index (κ3) is 5.19. The summed E-state index contributed by atoms with van der Waals surface area (Å²) in [6, 6.07) is 16.0. The summed E-state index contributed by atoms with van der Waals surface area (Å²) in [5, 5.41) is 31.4. The molecule has 0 atom stereocenters. The predicted octanol–water partition coefficient (Wildman–Crippen LogP) is 2.52. The van der Waals surface area contributed by atoms with Gasteiger partial charge in [-0.1, -0.05) is 55.5 Å². The van der Waals surface area contributed by atoms with Crippen molar-refractivity contribution in [3.05, 3.63) is 71.3 Å². The highest BCUT2D eigenvalue weighted by Gasteiger charge is 2.30. The number of aliphatic hydroxyl groups excluding tert-OH is 1. The van der Waals surface area contributed by atoms with Crippen LogP contribution in [0.2, 0.25) is 0 Å². The Labute approximate surface area is 209 Å². The Morgan fingerprint density at radius 3 is 2.19 bits per heavy atom. The highest BCUT2D eigenvalue weighted by atomic mass is 16.3. The molecule has 0 spiro atoms. The first kappa shape index (κ1) is 25.2. The van der Waals surface area contributed by atoms with Crippen LogP contribution >= 0.6 is 0 Å². The van der Waals surface area contributed by atoms with Crippen molar-refractivity contribution in [1.82, 2.24) is 29.8 Å². The molecular weight excluding hydrogens is 458 g/mol. The van der Waals surface area contributed by atoms with E-state index in [9.17, 15) is 15.0 Å². The summed E-state index contributed by atoms with van der Waals surface area (Å²) < 4.78 is 3.38. The van der Waals surface area contributed by atoms with Gasteiger partial charge in [0.1, 0.15) is 22.8 Å². The maximum atomic E-state index is 12.3. The maximum absolute atomic E-state index is 12.3. The van der Waals surface area contributed by atoms with Crippen LogP contribution in [0.5, 0.6) is 0 Å². The fourth-order valence-corrected chi connectivity index (χ4v) is 4.21. The van der Waals surface area contributed by atoms with E-state index in [2.05, 4.69) is 20.5 Å². The Balaban J connectivity index is 1.59. The fourth-order valence-electron chi connectivity index (χ4n) is 4.21. The van der Waals surface area contributed by atoms with Gasteiger partial charge in [-0.15, -0.1) is 5.10 Å². The lowest BCUT2D eigenvalue weighted by atomic mass is 10.0. The van der Waals surface area contributed by atoms with Gasteiger partial charge in [-0.05, 0) is 47.4 Å². The third-order valence-electron chi connectivity index (χ3n) is 5.95. The van der Waals surface area contributed by atoms with Crippen LogP contribution in [0.15, 0.2) is 48.5 Å². The molecule has 0 aliphatic heterocycles. The highest BCUT2D eigenvalue weighted by molar-refractivity contribution is 5.92. The van der Waals surface area contributed by atoms with Gasteiger partial charge in [0.2, 0.25) is 0 Å². The summed E-state index contributed by atoms with van der Waals surface area (Å²) in [6.07, 6.45) is 1.52. The molecule has 0 unspecified atom stereocenters. The average molecular weight is 490 g/mol. The topological polar surface area (TPSA) is 145 Å². The highest BCUT2D eigenvalue weighted by Crippen LogP contribution is 2.27. The van der Waals surface area contributed by atoms with Gasteiger partial charge in [0.15, 0.2) is 5.82 Å². The fraction of sp³-hybridized carbons (Fsp3) is 0.346. The van der Waals surface area contributed by atoms with Crippen molar-refractivity contribution >= 4 is 5.91 Å². The van der Waals surface area contributed by atoms with E-state index in [1.54, 1.807) is 18.5 Å². The van der Waals surface area contributed by atoms with Gasteiger partial charge in [0.25, 0.3) is 5.91 Å². The number of amides is 1. The van der Waals surface area contributed by atoms with Gasteiger partial charge < -0.3 is 20.5 Å². The third-order valence-corrected chi connectivity index (χ3v) is 5.95. The summed E-state index contributed by atoms with van der Waals surface area (Å²) in [7, 11) is 0. The molecule has 2 aromatic carbocycles. The molecule has 10 nitrogen and oxygen atoms in total.